The molecular formula is C16H19NO2. The Morgan fingerprint density at radius 1 is 1.21 bits per heavy atom. The van der Waals surface area contributed by atoms with Gasteiger partial charge in [0, 0.05) is 18.5 Å². The van der Waals surface area contributed by atoms with Crippen LogP contribution in [0.3, 0.4) is 0 Å². The fourth-order valence-electron chi connectivity index (χ4n) is 3.07. The molecule has 2 atom stereocenters. The lowest BCUT2D eigenvalue weighted by Crippen LogP contribution is -2.42. The third kappa shape index (κ3) is 2.37. The second kappa shape index (κ2) is 4.72. The first-order valence-electron chi connectivity index (χ1n) is 6.91. The summed E-state index contributed by atoms with van der Waals surface area (Å²) < 4.78 is 5.66. The van der Waals surface area contributed by atoms with E-state index in [2.05, 4.69) is 13.8 Å². The van der Waals surface area contributed by atoms with E-state index in [4.69, 9.17) is 4.42 Å². The van der Waals surface area contributed by atoms with Crippen molar-refractivity contribution in [2.75, 3.05) is 13.1 Å². The van der Waals surface area contributed by atoms with Crippen molar-refractivity contribution in [2.45, 2.75) is 20.3 Å². The number of carbonyl (C=O) groups excluding carboxylic acids is 1. The fraction of sp³-hybridized carbons (Fsp3) is 0.438. The zero-order valence-corrected chi connectivity index (χ0v) is 11.4. The van der Waals surface area contributed by atoms with Crippen LogP contribution in [0.5, 0.6) is 0 Å². The second-order valence-corrected chi connectivity index (χ2v) is 5.80. The molecule has 1 fully saturated rings. The summed E-state index contributed by atoms with van der Waals surface area (Å²) in [6.07, 6.45) is 1.20. The number of nitrogens with zero attached hydrogens (tertiary/aromatic N) is 1. The predicted molar refractivity (Wildman–Crippen MR) is 75.1 cm³/mol. The van der Waals surface area contributed by atoms with Crippen LogP contribution in [0.4, 0.5) is 0 Å². The summed E-state index contributed by atoms with van der Waals surface area (Å²) in [4.78, 5) is 14.4. The van der Waals surface area contributed by atoms with Crippen LogP contribution >= 0.6 is 0 Å². The lowest BCUT2D eigenvalue weighted by molar-refractivity contribution is 0.0594. The van der Waals surface area contributed by atoms with E-state index in [9.17, 15) is 4.79 Å². The largest absolute Gasteiger partial charge is 0.451 e. The Morgan fingerprint density at radius 3 is 2.58 bits per heavy atom. The molecule has 0 bridgehead atoms. The number of likely N-dealkylation sites (tertiary alicyclic amines) is 1. The number of carbonyl (C=O) groups is 1. The van der Waals surface area contributed by atoms with Gasteiger partial charge in [-0.2, -0.15) is 0 Å². The highest BCUT2D eigenvalue weighted by molar-refractivity contribution is 5.96. The van der Waals surface area contributed by atoms with E-state index in [1.807, 2.05) is 35.2 Å². The Hall–Kier alpha value is -1.77. The van der Waals surface area contributed by atoms with Crippen LogP contribution < -0.4 is 0 Å². The Kier molecular flexibility index (Phi) is 3.05. The summed E-state index contributed by atoms with van der Waals surface area (Å²) in [5.74, 6) is 1.62. The number of benzene rings is 1. The highest BCUT2D eigenvalue weighted by Gasteiger charge is 2.27. The number of rotatable bonds is 1. The van der Waals surface area contributed by atoms with Gasteiger partial charge in [-0.25, -0.2) is 0 Å². The standard InChI is InChI=1S/C16H19NO2/c1-11-7-12(2)10-17(9-11)16(18)15-8-13-5-3-4-6-14(13)19-15/h3-6,8,11-12H,7,9-10H2,1-2H3/t11-,12-/m0/s1. The molecule has 3 heteroatoms. The molecule has 19 heavy (non-hydrogen) atoms. The third-order valence-corrected chi connectivity index (χ3v) is 3.79. The van der Waals surface area contributed by atoms with Gasteiger partial charge in [-0.15, -0.1) is 0 Å². The molecule has 0 radical (unpaired) electrons. The molecule has 0 N–H and O–H groups in total. The number of hydrogen-bond acceptors (Lipinski definition) is 2. The van der Waals surface area contributed by atoms with Crippen molar-refractivity contribution < 1.29 is 9.21 Å². The zero-order valence-electron chi connectivity index (χ0n) is 11.4. The van der Waals surface area contributed by atoms with E-state index in [0.717, 1.165) is 24.1 Å². The Morgan fingerprint density at radius 2 is 1.89 bits per heavy atom. The van der Waals surface area contributed by atoms with Crippen LogP contribution in [0.25, 0.3) is 11.0 Å². The van der Waals surface area contributed by atoms with Crippen molar-refractivity contribution in [3.05, 3.63) is 36.1 Å². The predicted octanol–water partition coefficient (Wildman–Crippen LogP) is 3.55. The first kappa shape index (κ1) is 12.3. The molecule has 0 unspecified atom stereocenters. The maximum absolute atomic E-state index is 12.5. The van der Waals surface area contributed by atoms with Gasteiger partial charge in [0.15, 0.2) is 5.76 Å². The highest BCUT2D eigenvalue weighted by atomic mass is 16.3. The first-order chi connectivity index (χ1) is 9.13. The van der Waals surface area contributed by atoms with E-state index >= 15 is 0 Å². The van der Waals surface area contributed by atoms with Gasteiger partial charge in [-0.3, -0.25) is 4.79 Å². The molecule has 3 rings (SSSR count). The summed E-state index contributed by atoms with van der Waals surface area (Å²) in [7, 11) is 0. The average molecular weight is 257 g/mol. The van der Waals surface area contributed by atoms with Gasteiger partial charge in [0.2, 0.25) is 0 Å². The third-order valence-electron chi connectivity index (χ3n) is 3.79. The van der Waals surface area contributed by atoms with Crippen LogP contribution in [-0.2, 0) is 0 Å². The monoisotopic (exact) mass is 257 g/mol. The molecule has 100 valence electrons. The fourth-order valence-corrected chi connectivity index (χ4v) is 3.07. The van der Waals surface area contributed by atoms with E-state index in [0.29, 0.717) is 17.6 Å². The molecule has 1 aliphatic rings. The van der Waals surface area contributed by atoms with E-state index in [-0.39, 0.29) is 5.91 Å². The number of hydrogen-bond donors (Lipinski definition) is 0. The molecule has 2 aromatic rings. The molecule has 1 saturated heterocycles. The molecular weight excluding hydrogens is 238 g/mol. The topological polar surface area (TPSA) is 33.5 Å². The summed E-state index contributed by atoms with van der Waals surface area (Å²) in [6, 6.07) is 9.59. The van der Waals surface area contributed by atoms with Crippen molar-refractivity contribution in [3.8, 4) is 0 Å². The normalized spacial score (nSPS) is 23.8. The summed E-state index contributed by atoms with van der Waals surface area (Å²) >= 11 is 0. The van der Waals surface area contributed by atoms with Gasteiger partial charge in [0.25, 0.3) is 5.91 Å². The first-order valence-corrected chi connectivity index (χ1v) is 6.91. The van der Waals surface area contributed by atoms with Crippen molar-refractivity contribution in [1.82, 2.24) is 4.90 Å². The summed E-state index contributed by atoms with van der Waals surface area (Å²) in [5, 5.41) is 0.990. The van der Waals surface area contributed by atoms with Gasteiger partial charge >= 0.3 is 0 Å². The average Bonchev–Trinajstić information content (AvgIpc) is 2.80. The van der Waals surface area contributed by atoms with Crippen molar-refractivity contribution in [3.63, 3.8) is 0 Å². The molecule has 2 heterocycles. The van der Waals surface area contributed by atoms with Gasteiger partial charge in [0.1, 0.15) is 5.58 Å². The van der Waals surface area contributed by atoms with Crippen molar-refractivity contribution in [2.24, 2.45) is 11.8 Å². The SMILES string of the molecule is C[C@H]1C[C@H](C)CN(C(=O)c2cc3ccccc3o2)C1. The van der Waals surface area contributed by atoms with Crippen LogP contribution in [-0.4, -0.2) is 23.9 Å². The van der Waals surface area contributed by atoms with Gasteiger partial charge < -0.3 is 9.32 Å². The minimum atomic E-state index is 0.0228. The van der Waals surface area contributed by atoms with E-state index in [1.54, 1.807) is 0 Å². The smallest absolute Gasteiger partial charge is 0.289 e. The van der Waals surface area contributed by atoms with Gasteiger partial charge in [-0.05, 0) is 30.4 Å². The quantitative estimate of drug-likeness (QED) is 0.782. The van der Waals surface area contributed by atoms with Crippen LogP contribution in [0.1, 0.15) is 30.8 Å². The Labute approximate surface area is 113 Å². The minimum absolute atomic E-state index is 0.0228. The molecule has 1 aliphatic heterocycles. The molecule has 3 nitrogen and oxygen atoms in total. The summed E-state index contributed by atoms with van der Waals surface area (Å²) in [5.41, 5.74) is 0.781. The van der Waals surface area contributed by atoms with Crippen LogP contribution in [0.15, 0.2) is 34.7 Å². The van der Waals surface area contributed by atoms with Gasteiger partial charge in [0.05, 0.1) is 0 Å². The minimum Gasteiger partial charge on any atom is -0.451 e. The van der Waals surface area contributed by atoms with Crippen LogP contribution in [0.2, 0.25) is 0 Å². The lowest BCUT2D eigenvalue weighted by Gasteiger charge is -2.34. The highest BCUT2D eigenvalue weighted by Crippen LogP contribution is 2.25. The Balaban J connectivity index is 1.86. The molecule has 1 amide bonds. The van der Waals surface area contributed by atoms with Gasteiger partial charge in [-0.1, -0.05) is 32.0 Å². The van der Waals surface area contributed by atoms with E-state index in [1.165, 1.54) is 6.42 Å². The molecule has 1 aromatic carbocycles. The number of furan rings is 1. The second-order valence-electron chi connectivity index (χ2n) is 5.80. The number of piperidine rings is 1. The number of para-hydroxylation sites is 1. The van der Waals surface area contributed by atoms with Crippen molar-refractivity contribution in [1.29, 1.82) is 0 Å². The van der Waals surface area contributed by atoms with Crippen molar-refractivity contribution >= 4 is 16.9 Å². The maximum atomic E-state index is 12.5. The number of fused-ring (bicyclic) bond motifs is 1. The molecule has 0 aliphatic carbocycles. The lowest BCUT2D eigenvalue weighted by atomic mass is 9.92. The molecule has 0 saturated carbocycles. The Bertz CT molecular complexity index is 559. The molecule has 1 aromatic heterocycles. The van der Waals surface area contributed by atoms with Crippen LogP contribution in [0, 0.1) is 11.8 Å². The maximum Gasteiger partial charge on any atom is 0.289 e. The number of amides is 1. The molecule has 0 spiro atoms. The zero-order chi connectivity index (χ0) is 13.4. The van der Waals surface area contributed by atoms with E-state index < -0.39 is 0 Å². The summed E-state index contributed by atoms with van der Waals surface area (Å²) in [6.45, 7) is 6.07.